The van der Waals surface area contributed by atoms with Crippen LogP contribution in [0.25, 0.3) is 11.3 Å². The fourth-order valence-corrected chi connectivity index (χ4v) is 1.91. The molecule has 0 bridgehead atoms. The van der Waals surface area contributed by atoms with Crippen LogP contribution < -0.4 is 0 Å². The molecule has 68 valence electrons. The van der Waals surface area contributed by atoms with Gasteiger partial charge in [0.25, 0.3) is 0 Å². The minimum Gasteiger partial charge on any atom is -0.443 e. The van der Waals surface area contributed by atoms with Crippen molar-refractivity contribution in [2.45, 2.75) is 6.61 Å². The Balaban J connectivity index is 2.45. The molecule has 0 saturated heterocycles. The average Bonchev–Trinajstić information content (AvgIpc) is 2.71. The number of aromatic nitrogens is 1. The smallest absolute Gasteiger partial charge is 0.181 e. The van der Waals surface area contributed by atoms with E-state index in [0.29, 0.717) is 15.8 Å². The molecule has 0 fully saturated rings. The molecule has 0 aliphatic carbocycles. The Morgan fingerprint density at radius 1 is 1.62 bits per heavy atom. The lowest BCUT2D eigenvalue weighted by Crippen LogP contribution is -1.84. The summed E-state index contributed by atoms with van der Waals surface area (Å²) in [6, 6.07) is 1.78. The van der Waals surface area contributed by atoms with Crippen molar-refractivity contribution in [3.8, 4) is 11.3 Å². The van der Waals surface area contributed by atoms with Crippen molar-refractivity contribution < 1.29 is 9.52 Å². The third-order valence-corrected chi connectivity index (χ3v) is 2.71. The van der Waals surface area contributed by atoms with Gasteiger partial charge >= 0.3 is 0 Å². The largest absolute Gasteiger partial charge is 0.443 e. The van der Waals surface area contributed by atoms with Crippen LogP contribution in [0.5, 0.6) is 0 Å². The molecule has 5 heteroatoms. The zero-order valence-electron chi connectivity index (χ0n) is 6.53. The van der Waals surface area contributed by atoms with Gasteiger partial charge < -0.3 is 9.52 Å². The molecule has 0 amide bonds. The predicted octanol–water partition coefficient (Wildman–Crippen LogP) is 2.55. The first-order valence-corrected chi connectivity index (χ1v) is 4.84. The van der Waals surface area contributed by atoms with Crippen LogP contribution in [-0.4, -0.2) is 10.1 Å². The Morgan fingerprint density at radius 3 is 3.08 bits per heavy atom. The molecule has 2 aromatic rings. The number of oxazole rings is 1. The molecule has 0 aliphatic rings. The highest BCUT2D eigenvalue weighted by Gasteiger charge is 2.10. The van der Waals surface area contributed by atoms with Crippen LogP contribution >= 0.6 is 22.9 Å². The Labute approximate surface area is 83.6 Å². The summed E-state index contributed by atoms with van der Waals surface area (Å²) >= 11 is 7.18. The maximum atomic E-state index is 8.92. The molecule has 13 heavy (non-hydrogen) atoms. The molecule has 0 saturated carbocycles. The third kappa shape index (κ3) is 1.60. The van der Waals surface area contributed by atoms with Crippen LogP contribution in [0.15, 0.2) is 22.3 Å². The zero-order chi connectivity index (χ0) is 9.26. The molecule has 2 rings (SSSR count). The molecule has 2 aromatic heterocycles. The summed E-state index contributed by atoms with van der Waals surface area (Å²) in [6.07, 6.45) is 1.31. The highest BCUT2D eigenvalue weighted by molar-refractivity contribution is 7.14. The topological polar surface area (TPSA) is 46.3 Å². The minimum atomic E-state index is -0.126. The molecule has 0 radical (unpaired) electrons. The summed E-state index contributed by atoms with van der Waals surface area (Å²) in [6.45, 7) is -0.126. The summed E-state index contributed by atoms with van der Waals surface area (Å²) in [4.78, 5) is 3.87. The van der Waals surface area contributed by atoms with Crippen molar-refractivity contribution >= 4 is 22.9 Å². The molecule has 0 atom stereocenters. The number of hydrogen-bond acceptors (Lipinski definition) is 4. The second-order valence-corrected chi connectivity index (χ2v) is 3.97. The number of halogens is 1. The molecular weight excluding hydrogens is 210 g/mol. The Bertz CT molecular complexity index is 410. The van der Waals surface area contributed by atoms with Crippen molar-refractivity contribution in [3.63, 3.8) is 0 Å². The van der Waals surface area contributed by atoms with Gasteiger partial charge in [0, 0.05) is 10.9 Å². The first-order chi connectivity index (χ1) is 6.31. The monoisotopic (exact) mass is 215 g/mol. The maximum absolute atomic E-state index is 8.92. The molecule has 0 aromatic carbocycles. The van der Waals surface area contributed by atoms with E-state index in [1.165, 1.54) is 17.7 Å². The van der Waals surface area contributed by atoms with E-state index in [1.54, 1.807) is 6.07 Å². The minimum absolute atomic E-state index is 0.126. The van der Waals surface area contributed by atoms with Crippen LogP contribution in [-0.2, 0) is 6.61 Å². The van der Waals surface area contributed by atoms with Gasteiger partial charge in [-0.05, 0) is 6.07 Å². The van der Waals surface area contributed by atoms with Gasteiger partial charge in [0.05, 0.1) is 10.9 Å². The Hall–Kier alpha value is -0.840. The summed E-state index contributed by atoms with van der Waals surface area (Å²) in [5.74, 6) is 0.589. The average molecular weight is 216 g/mol. The number of aliphatic hydroxyl groups is 1. The highest BCUT2D eigenvalue weighted by atomic mass is 35.5. The van der Waals surface area contributed by atoms with Gasteiger partial charge in [0.1, 0.15) is 5.69 Å². The number of rotatable bonds is 2. The van der Waals surface area contributed by atoms with Crippen LogP contribution in [0.3, 0.4) is 0 Å². The van der Waals surface area contributed by atoms with Crippen molar-refractivity contribution in [3.05, 3.63) is 27.9 Å². The van der Waals surface area contributed by atoms with Gasteiger partial charge in [-0.3, -0.25) is 0 Å². The highest BCUT2D eigenvalue weighted by Crippen LogP contribution is 2.30. The maximum Gasteiger partial charge on any atom is 0.181 e. The molecule has 0 spiro atoms. The summed E-state index contributed by atoms with van der Waals surface area (Å²) in [7, 11) is 0. The number of nitrogens with zero attached hydrogens (tertiary/aromatic N) is 1. The third-order valence-electron chi connectivity index (χ3n) is 1.62. The van der Waals surface area contributed by atoms with Crippen molar-refractivity contribution in [1.29, 1.82) is 0 Å². The predicted molar refractivity (Wildman–Crippen MR) is 50.7 cm³/mol. The second kappa shape index (κ2) is 3.49. The van der Waals surface area contributed by atoms with E-state index in [9.17, 15) is 0 Å². The summed E-state index contributed by atoms with van der Waals surface area (Å²) in [5.41, 5.74) is 1.39. The van der Waals surface area contributed by atoms with Crippen LogP contribution in [0.1, 0.15) is 5.69 Å². The van der Waals surface area contributed by atoms with Gasteiger partial charge in [-0.15, -0.1) is 11.3 Å². The van der Waals surface area contributed by atoms with E-state index in [0.717, 1.165) is 5.56 Å². The Kier molecular flexibility index (Phi) is 2.35. The number of thiophene rings is 1. The first kappa shape index (κ1) is 8.74. The quantitative estimate of drug-likeness (QED) is 0.838. The van der Waals surface area contributed by atoms with Crippen molar-refractivity contribution in [2.24, 2.45) is 0 Å². The van der Waals surface area contributed by atoms with Crippen molar-refractivity contribution in [2.75, 3.05) is 0 Å². The number of aliphatic hydroxyl groups excluding tert-OH is 1. The van der Waals surface area contributed by atoms with Gasteiger partial charge in [-0.2, -0.15) is 0 Å². The van der Waals surface area contributed by atoms with Crippen LogP contribution in [0.2, 0.25) is 4.34 Å². The summed E-state index contributed by atoms with van der Waals surface area (Å²) < 4.78 is 5.82. The van der Waals surface area contributed by atoms with E-state index < -0.39 is 0 Å². The normalized spacial score (nSPS) is 10.6. The van der Waals surface area contributed by atoms with E-state index in [4.69, 9.17) is 21.1 Å². The molecule has 1 N–H and O–H groups in total. The van der Waals surface area contributed by atoms with Gasteiger partial charge in [0.15, 0.2) is 12.2 Å². The van der Waals surface area contributed by atoms with Crippen LogP contribution in [0, 0.1) is 0 Å². The van der Waals surface area contributed by atoms with E-state index in [1.807, 2.05) is 5.38 Å². The SMILES string of the molecule is OCc1ncoc1-c1csc(Cl)c1. The molecule has 2 heterocycles. The first-order valence-electron chi connectivity index (χ1n) is 3.59. The van der Waals surface area contributed by atoms with Gasteiger partial charge in [-0.25, -0.2) is 4.98 Å². The molecular formula is C8H6ClNO2S. The second-order valence-electron chi connectivity index (χ2n) is 2.43. The fourth-order valence-electron chi connectivity index (χ4n) is 1.05. The van der Waals surface area contributed by atoms with E-state index in [-0.39, 0.29) is 6.61 Å². The number of hydrogen-bond donors (Lipinski definition) is 1. The lowest BCUT2D eigenvalue weighted by molar-refractivity contribution is 0.277. The lowest BCUT2D eigenvalue weighted by atomic mass is 10.2. The standard InChI is InChI=1S/C8H6ClNO2S/c9-7-1-5(3-13-7)8-6(2-11)10-4-12-8/h1,3-4,11H,2H2. The Morgan fingerprint density at radius 2 is 2.46 bits per heavy atom. The summed E-state index contributed by atoms with van der Waals surface area (Å²) in [5, 5.41) is 10.8. The lowest BCUT2D eigenvalue weighted by Gasteiger charge is -1.92. The molecule has 3 nitrogen and oxygen atoms in total. The molecule has 0 unspecified atom stereocenters. The fraction of sp³-hybridized carbons (Fsp3) is 0.125. The van der Waals surface area contributed by atoms with Gasteiger partial charge in [0.2, 0.25) is 0 Å². The van der Waals surface area contributed by atoms with Gasteiger partial charge in [-0.1, -0.05) is 11.6 Å². The van der Waals surface area contributed by atoms with Crippen molar-refractivity contribution in [1.82, 2.24) is 4.98 Å². The van der Waals surface area contributed by atoms with Crippen LogP contribution in [0.4, 0.5) is 0 Å². The molecule has 0 aliphatic heterocycles. The van der Waals surface area contributed by atoms with E-state index >= 15 is 0 Å². The zero-order valence-corrected chi connectivity index (χ0v) is 8.10. The van der Waals surface area contributed by atoms with E-state index in [2.05, 4.69) is 4.98 Å².